The number of methoxy groups -OCH3 is 2. The lowest BCUT2D eigenvalue weighted by Crippen LogP contribution is -2.53. The number of halogens is 1. The predicted octanol–water partition coefficient (Wildman–Crippen LogP) is 3.46. The van der Waals surface area contributed by atoms with E-state index in [1.165, 1.54) is 25.2 Å². The fourth-order valence-electron chi connectivity index (χ4n) is 3.70. The largest absolute Gasteiger partial charge is 0.497 e. The molecule has 0 fully saturated rings. The molecule has 1 atom stereocenters. The van der Waals surface area contributed by atoms with Crippen molar-refractivity contribution in [2.24, 2.45) is 0 Å². The predicted molar refractivity (Wildman–Crippen MR) is 141 cm³/mol. The molecular formula is C25H34ClN3O6S. The lowest BCUT2D eigenvalue weighted by atomic mass is 10.1. The van der Waals surface area contributed by atoms with E-state index < -0.39 is 28.5 Å². The minimum atomic E-state index is -3.93. The Morgan fingerprint density at radius 1 is 1.08 bits per heavy atom. The molecule has 0 aliphatic heterocycles. The smallest absolute Gasteiger partial charge is 0.244 e. The molecule has 2 aromatic carbocycles. The Labute approximate surface area is 218 Å². The number of hydrogen-bond donors (Lipinski definition) is 1. The van der Waals surface area contributed by atoms with E-state index in [9.17, 15) is 18.0 Å². The zero-order chi connectivity index (χ0) is 27.0. The highest BCUT2D eigenvalue weighted by Gasteiger charge is 2.33. The van der Waals surface area contributed by atoms with Gasteiger partial charge in [0.15, 0.2) is 0 Å². The molecule has 0 aliphatic rings. The molecule has 0 aromatic heterocycles. The van der Waals surface area contributed by atoms with Gasteiger partial charge in [-0.3, -0.25) is 13.9 Å². The molecule has 2 rings (SSSR count). The van der Waals surface area contributed by atoms with Gasteiger partial charge < -0.3 is 19.7 Å². The quantitative estimate of drug-likeness (QED) is 0.443. The Morgan fingerprint density at radius 3 is 2.28 bits per heavy atom. The standard InChI is InChI=1S/C25H34ClN3O6S/c1-7-21(25(31)27-17(2)3)28(15-18-10-8-9-11-20(18)26)24(30)16-29(36(6,32)33)22-14-19(34-4)12-13-23(22)35-5/h8-14,17,21H,7,15-16H2,1-6H3,(H,27,31)/t21-/m0/s1. The van der Waals surface area contributed by atoms with Crippen LogP contribution in [-0.2, 0) is 26.2 Å². The number of anilines is 1. The Morgan fingerprint density at radius 2 is 1.75 bits per heavy atom. The van der Waals surface area contributed by atoms with Gasteiger partial charge in [0.05, 0.1) is 26.2 Å². The highest BCUT2D eigenvalue weighted by Crippen LogP contribution is 2.34. The third kappa shape index (κ3) is 7.51. The number of amides is 2. The van der Waals surface area contributed by atoms with Crippen molar-refractivity contribution in [3.63, 3.8) is 0 Å². The Bertz CT molecular complexity index is 1170. The van der Waals surface area contributed by atoms with Crippen molar-refractivity contribution in [1.29, 1.82) is 0 Å². The molecule has 36 heavy (non-hydrogen) atoms. The first-order valence-corrected chi connectivity index (χ1v) is 13.7. The average Bonchev–Trinajstić information content (AvgIpc) is 2.81. The van der Waals surface area contributed by atoms with E-state index in [1.54, 1.807) is 43.3 Å². The van der Waals surface area contributed by atoms with Gasteiger partial charge >= 0.3 is 0 Å². The maximum absolute atomic E-state index is 13.8. The molecule has 1 N–H and O–H groups in total. The summed E-state index contributed by atoms with van der Waals surface area (Å²) in [4.78, 5) is 28.2. The van der Waals surface area contributed by atoms with Crippen LogP contribution < -0.4 is 19.1 Å². The van der Waals surface area contributed by atoms with Crippen LogP contribution in [0.15, 0.2) is 42.5 Å². The van der Waals surface area contributed by atoms with Gasteiger partial charge in [-0.05, 0) is 44.0 Å². The maximum Gasteiger partial charge on any atom is 0.244 e. The second-order valence-corrected chi connectivity index (χ2v) is 10.8. The van der Waals surface area contributed by atoms with Crippen molar-refractivity contribution in [3.8, 4) is 11.5 Å². The van der Waals surface area contributed by atoms with E-state index in [-0.39, 0.29) is 29.9 Å². The number of carbonyl (C=O) groups is 2. The summed E-state index contributed by atoms with van der Waals surface area (Å²) in [7, 11) is -1.08. The van der Waals surface area contributed by atoms with Crippen LogP contribution in [0.5, 0.6) is 11.5 Å². The Kier molecular flexibility index (Phi) is 10.4. The molecule has 0 heterocycles. The molecule has 9 nitrogen and oxygen atoms in total. The van der Waals surface area contributed by atoms with Crippen molar-refractivity contribution in [3.05, 3.63) is 53.1 Å². The van der Waals surface area contributed by atoms with Crippen LogP contribution in [0.25, 0.3) is 0 Å². The van der Waals surface area contributed by atoms with Crippen molar-refractivity contribution in [2.45, 2.75) is 45.8 Å². The zero-order valence-electron chi connectivity index (χ0n) is 21.4. The molecule has 2 amide bonds. The molecule has 0 bridgehead atoms. The van der Waals surface area contributed by atoms with Crippen LogP contribution in [0, 0.1) is 0 Å². The minimum absolute atomic E-state index is 0.0232. The molecule has 0 radical (unpaired) electrons. The lowest BCUT2D eigenvalue weighted by molar-refractivity contribution is -0.140. The molecule has 0 aliphatic carbocycles. The second-order valence-electron chi connectivity index (χ2n) is 8.51. The van der Waals surface area contributed by atoms with Gasteiger partial charge in [-0.25, -0.2) is 8.42 Å². The summed E-state index contributed by atoms with van der Waals surface area (Å²) in [6.07, 6.45) is 1.32. The van der Waals surface area contributed by atoms with Gasteiger partial charge in [-0.2, -0.15) is 0 Å². The van der Waals surface area contributed by atoms with Crippen LogP contribution in [-0.4, -0.2) is 64.2 Å². The summed E-state index contributed by atoms with van der Waals surface area (Å²) in [6.45, 7) is 4.90. The molecule has 2 aromatic rings. The van der Waals surface area contributed by atoms with Crippen molar-refractivity contribution >= 4 is 39.1 Å². The molecule has 198 valence electrons. The molecule has 11 heteroatoms. The van der Waals surface area contributed by atoms with Gasteiger partial charge in [0.25, 0.3) is 0 Å². The van der Waals surface area contributed by atoms with Crippen LogP contribution >= 0.6 is 11.6 Å². The van der Waals surface area contributed by atoms with Crippen LogP contribution in [0.1, 0.15) is 32.8 Å². The number of hydrogen-bond acceptors (Lipinski definition) is 6. The molecule has 0 saturated carbocycles. The van der Waals surface area contributed by atoms with E-state index >= 15 is 0 Å². The monoisotopic (exact) mass is 539 g/mol. The number of rotatable bonds is 12. The first-order valence-electron chi connectivity index (χ1n) is 11.5. The third-order valence-electron chi connectivity index (χ3n) is 5.45. The Balaban J connectivity index is 2.55. The normalized spacial score (nSPS) is 12.1. The topological polar surface area (TPSA) is 105 Å². The number of carbonyl (C=O) groups excluding carboxylic acids is 2. The van der Waals surface area contributed by atoms with Crippen LogP contribution in [0.4, 0.5) is 5.69 Å². The van der Waals surface area contributed by atoms with E-state index in [2.05, 4.69) is 5.32 Å². The van der Waals surface area contributed by atoms with Gasteiger partial charge in [-0.1, -0.05) is 36.7 Å². The molecule has 0 saturated heterocycles. The fourth-order valence-corrected chi connectivity index (χ4v) is 4.74. The molecule has 0 unspecified atom stereocenters. The van der Waals surface area contributed by atoms with Gasteiger partial charge in [-0.15, -0.1) is 0 Å². The number of ether oxygens (including phenoxy) is 2. The maximum atomic E-state index is 13.8. The SMILES string of the molecule is CC[C@@H](C(=O)NC(C)C)N(Cc1ccccc1Cl)C(=O)CN(c1cc(OC)ccc1OC)S(C)(=O)=O. The summed E-state index contributed by atoms with van der Waals surface area (Å²) in [5.74, 6) is -0.271. The number of benzene rings is 2. The number of nitrogens with one attached hydrogen (secondary N) is 1. The highest BCUT2D eigenvalue weighted by atomic mass is 35.5. The van der Waals surface area contributed by atoms with Crippen LogP contribution in [0.3, 0.4) is 0 Å². The lowest BCUT2D eigenvalue weighted by Gasteiger charge is -2.33. The summed E-state index contributed by atoms with van der Waals surface area (Å²) < 4.78 is 37.2. The molecular weight excluding hydrogens is 506 g/mol. The van der Waals surface area contributed by atoms with Gasteiger partial charge in [0, 0.05) is 23.7 Å². The highest BCUT2D eigenvalue weighted by molar-refractivity contribution is 7.92. The van der Waals surface area contributed by atoms with E-state index in [4.69, 9.17) is 21.1 Å². The summed E-state index contributed by atoms with van der Waals surface area (Å²) in [5.41, 5.74) is 0.776. The van der Waals surface area contributed by atoms with Crippen LogP contribution in [0.2, 0.25) is 5.02 Å². The molecule has 0 spiro atoms. The first-order chi connectivity index (χ1) is 16.9. The van der Waals surface area contributed by atoms with Crippen molar-refractivity contribution in [2.75, 3.05) is 31.3 Å². The summed E-state index contributed by atoms with van der Waals surface area (Å²) in [5, 5.41) is 3.28. The van der Waals surface area contributed by atoms with Gasteiger partial charge in [0.1, 0.15) is 24.1 Å². The fraction of sp³-hybridized carbons (Fsp3) is 0.440. The zero-order valence-corrected chi connectivity index (χ0v) is 23.0. The summed E-state index contributed by atoms with van der Waals surface area (Å²) in [6, 6.07) is 10.7. The van der Waals surface area contributed by atoms with E-state index in [0.29, 0.717) is 22.8 Å². The third-order valence-corrected chi connectivity index (χ3v) is 6.94. The second kappa shape index (κ2) is 12.8. The van der Waals surface area contributed by atoms with Crippen molar-refractivity contribution < 1.29 is 27.5 Å². The van der Waals surface area contributed by atoms with E-state index in [0.717, 1.165) is 10.6 Å². The van der Waals surface area contributed by atoms with Gasteiger partial charge in [0.2, 0.25) is 21.8 Å². The Hall–Kier alpha value is -2.98. The average molecular weight is 540 g/mol. The summed E-state index contributed by atoms with van der Waals surface area (Å²) >= 11 is 6.36. The van der Waals surface area contributed by atoms with E-state index in [1.807, 2.05) is 13.8 Å². The number of nitrogens with zero attached hydrogens (tertiary/aromatic N) is 2. The van der Waals surface area contributed by atoms with Crippen molar-refractivity contribution in [1.82, 2.24) is 10.2 Å². The first kappa shape index (κ1) is 29.3. The minimum Gasteiger partial charge on any atom is -0.497 e. The number of sulfonamides is 1.